The lowest BCUT2D eigenvalue weighted by molar-refractivity contribution is 0.0581. The van der Waals surface area contributed by atoms with Crippen LogP contribution in [0.3, 0.4) is 0 Å². The number of benzene rings is 1. The number of nitrogens with zero attached hydrogens (tertiary/aromatic N) is 1. The third kappa shape index (κ3) is 2.94. The molecule has 0 saturated heterocycles. The molecule has 0 bridgehead atoms. The minimum absolute atomic E-state index is 0.124. The lowest BCUT2D eigenvalue weighted by Crippen LogP contribution is -2.42. The van der Waals surface area contributed by atoms with Crippen LogP contribution < -0.4 is 10.2 Å². The second-order valence-electron chi connectivity index (χ2n) is 5.34. The topological polar surface area (TPSA) is 41.6 Å². The standard InChI is InChI=1S/C13H16F2N2O2/c1-13(2,3)19-12(18)17-5-4-16-11-9(15)6-8(14)7-10(11)17/h6-7,16H,4-5H2,1-3H3. The Hall–Kier alpha value is -1.85. The lowest BCUT2D eigenvalue weighted by atomic mass is 10.2. The highest BCUT2D eigenvalue weighted by Crippen LogP contribution is 2.33. The van der Waals surface area contributed by atoms with Crippen LogP contribution in [-0.2, 0) is 4.74 Å². The number of ether oxygens (including phenoxy) is 1. The fourth-order valence-electron chi connectivity index (χ4n) is 1.87. The van der Waals surface area contributed by atoms with Crippen LogP contribution in [0.1, 0.15) is 20.8 Å². The number of anilines is 2. The van der Waals surface area contributed by atoms with Gasteiger partial charge in [0.05, 0.1) is 11.4 Å². The van der Waals surface area contributed by atoms with Crippen molar-refractivity contribution >= 4 is 17.5 Å². The van der Waals surface area contributed by atoms with Gasteiger partial charge in [-0.15, -0.1) is 0 Å². The molecule has 1 heterocycles. The second-order valence-corrected chi connectivity index (χ2v) is 5.34. The molecule has 104 valence electrons. The molecule has 0 saturated carbocycles. The maximum absolute atomic E-state index is 13.6. The summed E-state index contributed by atoms with van der Waals surface area (Å²) < 4.78 is 32.1. The summed E-state index contributed by atoms with van der Waals surface area (Å²) in [5, 5.41) is 2.81. The van der Waals surface area contributed by atoms with Crippen molar-refractivity contribution in [2.45, 2.75) is 26.4 Å². The first-order chi connectivity index (χ1) is 8.78. The Kier molecular flexibility index (Phi) is 3.34. The Balaban J connectivity index is 2.34. The molecule has 1 amide bonds. The molecule has 6 heteroatoms. The van der Waals surface area contributed by atoms with E-state index in [1.165, 1.54) is 4.90 Å². The smallest absolute Gasteiger partial charge is 0.414 e. The van der Waals surface area contributed by atoms with Gasteiger partial charge in [-0.1, -0.05) is 0 Å². The summed E-state index contributed by atoms with van der Waals surface area (Å²) in [5.41, 5.74) is -0.370. The van der Waals surface area contributed by atoms with Crippen molar-refractivity contribution in [2.24, 2.45) is 0 Å². The lowest BCUT2D eigenvalue weighted by Gasteiger charge is -2.32. The van der Waals surface area contributed by atoms with E-state index < -0.39 is 23.3 Å². The van der Waals surface area contributed by atoms with Crippen LogP contribution in [-0.4, -0.2) is 24.8 Å². The maximum atomic E-state index is 13.6. The number of nitrogens with one attached hydrogen (secondary N) is 1. The van der Waals surface area contributed by atoms with Crippen LogP contribution >= 0.6 is 0 Å². The molecule has 0 unspecified atom stereocenters. The number of hydrogen-bond acceptors (Lipinski definition) is 3. The number of carbonyl (C=O) groups is 1. The van der Waals surface area contributed by atoms with Gasteiger partial charge in [-0.05, 0) is 20.8 Å². The van der Waals surface area contributed by atoms with Crippen molar-refractivity contribution in [1.82, 2.24) is 0 Å². The summed E-state index contributed by atoms with van der Waals surface area (Å²) in [6, 6.07) is 1.90. The maximum Gasteiger partial charge on any atom is 0.414 e. The largest absolute Gasteiger partial charge is 0.443 e. The molecule has 0 radical (unpaired) electrons. The minimum Gasteiger partial charge on any atom is -0.443 e. The van der Waals surface area contributed by atoms with Gasteiger partial charge in [-0.25, -0.2) is 13.6 Å². The minimum atomic E-state index is -0.728. The fraction of sp³-hybridized carbons (Fsp3) is 0.462. The molecule has 4 nitrogen and oxygen atoms in total. The number of rotatable bonds is 0. The van der Waals surface area contributed by atoms with Crippen LogP contribution in [0.4, 0.5) is 25.0 Å². The Morgan fingerprint density at radius 2 is 2.05 bits per heavy atom. The Bertz CT molecular complexity index is 512. The quantitative estimate of drug-likeness (QED) is 0.787. The highest BCUT2D eigenvalue weighted by atomic mass is 19.1. The highest BCUT2D eigenvalue weighted by molar-refractivity contribution is 5.93. The zero-order valence-electron chi connectivity index (χ0n) is 11.1. The predicted octanol–water partition coefficient (Wildman–Crippen LogP) is 3.13. The van der Waals surface area contributed by atoms with E-state index in [1.807, 2.05) is 0 Å². The highest BCUT2D eigenvalue weighted by Gasteiger charge is 2.29. The number of halogens is 2. The van der Waals surface area contributed by atoms with E-state index in [0.717, 1.165) is 12.1 Å². The Morgan fingerprint density at radius 3 is 2.68 bits per heavy atom. The first-order valence-corrected chi connectivity index (χ1v) is 6.01. The van der Waals surface area contributed by atoms with E-state index in [0.29, 0.717) is 13.1 Å². The van der Waals surface area contributed by atoms with Crippen LogP contribution in [0.2, 0.25) is 0 Å². The van der Waals surface area contributed by atoms with Crippen molar-refractivity contribution in [3.63, 3.8) is 0 Å². The average Bonchev–Trinajstić information content (AvgIpc) is 2.25. The van der Waals surface area contributed by atoms with Crippen molar-refractivity contribution in [3.8, 4) is 0 Å². The van der Waals surface area contributed by atoms with Gasteiger partial charge in [-0.2, -0.15) is 0 Å². The fourth-order valence-corrected chi connectivity index (χ4v) is 1.87. The molecule has 0 spiro atoms. The normalized spacial score (nSPS) is 14.7. The van der Waals surface area contributed by atoms with Crippen LogP contribution in [0.15, 0.2) is 12.1 Å². The summed E-state index contributed by atoms with van der Waals surface area (Å²) >= 11 is 0. The third-order valence-electron chi connectivity index (χ3n) is 2.58. The van der Waals surface area contributed by atoms with Crippen molar-refractivity contribution in [1.29, 1.82) is 0 Å². The molecule has 0 aromatic heterocycles. The van der Waals surface area contributed by atoms with E-state index in [1.54, 1.807) is 20.8 Å². The van der Waals surface area contributed by atoms with E-state index in [4.69, 9.17) is 4.74 Å². The summed E-state index contributed by atoms with van der Waals surface area (Å²) in [6.07, 6.45) is -0.611. The van der Waals surface area contributed by atoms with Gasteiger partial charge in [0.15, 0.2) is 5.82 Å². The van der Waals surface area contributed by atoms with Crippen molar-refractivity contribution < 1.29 is 18.3 Å². The molecule has 1 aliphatic rings. The molecular weight excluding hydrogens is 254 g/mol. The summed E-state index contributed by atoms with van der Waals surface area (Å²) in [7, 11) is 0. The van der Waals surface area contributed by atoms with Gasteiger partial charge in [0.2, 0.25) is 0 Å². The zero-order valence-corrected chi connectivity index (χ0v) is 11.1. The number of carbonyl (C=O) groups excluding carboxylic acids is 1. The Morgan fingerprint density at radius 1 is 1.37 bits per heavy atom. The molecule has 0 atom stereocenters. The predicted molar refractivity (Wildman–Crippen MR) is 68.4 cm³/mol. The van der Waals surface area contributed by atoms with E-state index in [2.05, 4.69) is 5.32 Å². The van der Waals surface area contributed by atoms with Gasteiger partial charge in [0.25, 0.3) is 0 Å². The zero-order chi connectivity index (χ0) is 14.2. The van der Waals surface area contributed by atoms with Gasteiger partial charge >= 0.3 is 6.09 Å². The van der Waals surface area contributed by atoms with Crippen LogP contribution in [0.25, 0.3) is 0 Å². The van der Waals surface area contributed by atoms with Crippen molar-refractivity contribution in [2.75, 3.05) is 23.3 Å². The van der Waals surface area contributed by atoms with E-state index >= 15 is 0 Å². The monoisotopic (exact) mass is 270 g/mol. The van der Waals surface area contributed by atoms with Crippen molar-refractivity contribution in [3.05, 3.63) is 23.8 Å². The SMILES string of the molecule is CC(C)(C)OC(=O)N1CCNc2c(F)cc(F)cc21. The molecule has 1 aromatic rings. The van der Waals surface area contributed by atoms with Gasteiger partial charge in [0, 0.05) is 25.2 Å². The molecule has 1 N–H and O–H groups in total. The molecule has 2 rings (SSSR count). The number of amides is 1. The third-order valence-corrected chi connectivity index (χ3v) is 2.58. The van der Waals surface area contributed by atoms with Gasteiger partial charge in [-0.3, -0.25) is 4.90 Å². The molecule has 19 heavy (non-hydrogen) atoms. The van der Waals surface area contributed by atoms with E-state index in [-0.39, 0.29) is 11.4 Å². The molecule has 1 aromatic carbocycles. The molecule has 0 fully saturated rings. The second kappa shape index (κ2) is 4.68. The van der Waals surface area contributed by atoms with E-state index in [9.17, 15) is 13.6 Å². The molecular formula is C13H16F2N2O2. The van der Waals surface area contributed by atoms with Crippen LogP contribution in [0, 0.1) is 11.6 Å². The summed E-state index contributed by atoms with van der Waals surface area (Å²) in [4.78, 5) is 13.3. The Labute approximate surface area is 110 Å². The van der Waals surface area contributed by atoms with Gasteiger partial charge < -0.3 is 10.1 Å². The first-order valence-electron chi connectivity index (χ1n) is 6.01. The first kappa shape index (κ1) is 13.6. The summed E-state index contributed by atoms with van der Waals surface area (Å²) in [5.74, 6) is -1.45. The average molecular weight is 270 g/mol. The molecule has 0 aliphatic carbocycles. The number of fused-ring (bicyclic) bond motifs is 1. The van der Waals surface area contributed by atoms with Crippen LogP contribution in [0.5, 0.6) is 0 Å². The number of hydrogen-bond donors (Lipinski definition) is 1. The molecule has 1 aliphatic heterocycles. The van der Waals surface area contributed by atoms with Gasteiger partial charge in [0.1, 0.15) is 11.4 Å². The summed E-state index contributed by atoms with van der Waals surface area (Å²) in [6.45, 7) is 5.89.